The fourth-order valence-electron chi connectivity index (χ4n) is 1.84. The number of benzene rings is 1. The Morgan fingerprint density at radius 3 is 2.75 bits per heavy atom. The van der Waals surface area contributed by atoms with Crippen LogP contribution in [0.4, 0.5) is 5.88 Å². The fourth-order valence-corrected chi connectivity index (χ4v) is 1.84. The number of carbonyl (C=O) groups is 1. The van der Waals surface area contributed by atoms with E-state index in [0.29, 0.717) is 17.7 Å². The van der Waals surface area contributed by atoms with Gasteiger partial charge in [-0.15, -0.1) is 0 Å². The van der Waals surface area contributed by atoms with E-state index in [9.17, 15) is 4.79 Å². The van der Waals surface area contributed by atoms with E-state index in [4.69, 9.17) is 9.68 Å². The van der Waals surface area contributed by atoms with E-state index in [0.717, 1.165) is 18.4 Å². The Kier molecular flexibility index (Phi) is 4.56. The predicted molar refractivity (Wildman–Crippen MR) is 77.0 cm³/mol. The van der Waals surface area contributed by atoms with Gasteiger partial charge in [-0.3, -0.25) is 10.1 Å². The Labute approximate surface area is 118 Å². The Morgan fingerprint density at radius 1 is 1.35 bits per heavy atom. The number of nitriles is 1. The zero-order valence-corrected chi connectivity index (χ0v) is 11.3. The molecule has 0 aliphatic carbocycles. The second-order valence-corrected chi connectivity index (χ2v) is 4.48. The van der Waals surface area contributed by atoms with E-state index in [-0.39, 0.29) is 11.8 Å². The Morgan fingerprint density at radius 2 is 2.10 bits per heavy atom. The van der Waals surface area contributed by atoms with Gasteiger partial charge in [-0.1, -0.05) is 43.7 Å². The van der Waals surface area contributed by atoms with Crippen LogP contribution in [0.25, 0.3) is 11.3 Å². The molecule has 1 N–H and O–H groups in total. The van der Waals surface area contributed by atoms with Crippen molar-refractivity contribution in [1.82, 2.24) is 0 Å². The lowest BCUT2D eigenvalue weighted by Gasteiger charge is -2.01. The van der Waals surface area contributed by atoms with Crippen molar-refractivity contribution in [2.45, 2.75) is 26.2 Å². The van der Waals surface area contributed by atoms with Crippen molar-refractivity contribution in [2.75, 3.05) is 5.32 Å². The molecule has 1 aromatic heterocycles. The topological polar surface area (TPSA) is 66.0 Å². The van der Waals surface area contributed by atoms with E-state index < -0.39 is 0 Å². The molecule has 0 radical (unpaired) electrons. The van der Waals surface area contributed by atoms with Crippen molar-refractivity contribution in [3.8, 4) is 17.4 Å². The van der Waals surface area contributed by atoms with Crippen LogP contribution >= 0.6 is 0 Å². The fraction of sp³-hybridized carbons (Fsp3) is 0.250. The molecule has 0 aliphatic rings. The molecule has 0 atom stereocenters. The molecule has 0 aliphatic heterocycles. The molecule has 0 saturated carbocycles. The van der Waals surface area contributed by atoms with Crippen LogP contribution in [-0.4, -0.2) is 5.91 Å². The molecule has 2 rings (SSSR count). The van der Waals surface area contributed by atoms with Gasteiger partial charge in [0, 0.05) is 18.1 Å². The molecule has 20 heavy (non-hydrogen) atoms. The second-order valence-electron chi connectivity index (χ2n) is 4.48. The summed E-state index contributed by atoms with van der Waals surface area (Å²) in [5, 5.41) is 11.8. The minimum absolute atomic E-state index is 0.127. The van der Waals surface area contributed by atoms with Gasteiger partial charge in [0.05, 0.1) is 0 Å². The molecule has 1 aromatic carbocycles. The zero-order valence-electron chi connectivity index (χ0n) is 11.3. The van der Waals surface area contributed by atoms with Crippen molar-refractivity contribution >= 4 is 11.8 Å². The molecule has 4 nitrogen and oxygen atoms in total. The number of hydrogen-bond donors (Lipinski definition) is 1. The minimum Gasteiger partial charge on any atom is -0.439 e. The third-order valence-corrected chi connectivity index (χ3v) is 2.92. The van der Waals surface area contributed by atoms with E-state index in [2.05, 4.69) is 5.32 Å². The lowest BCUT2D eigenvalue weighted by atomic mass is 10.1. The number of furan rings is 1. The molecular weight excluding hydrogens is 252 g/mol. The van der Waals surface area contributed by atoms with Crippen molar-refractivity contribution in [3.05, 3.63) is 42.0 Å². The zero-order chi connectivity index (χ0) is 14.4. The van der Waals surface area contributed by atoms with Gasteiger partial charge in [0.15, 0.2) is 0 Å². The first-order valence-corrected chi connectivity index (χ1v) is 6.63. The number of rotatable bonds is 5. The molecule has 0 spiro atoms. The summed E-state index contributed by atoms with van der Waals surface area (Å²) in [6.07, 6.45) is 2.20. The molecule has 0 unspecified atom stereocenters. The molecule has 102 valence electrons. The summed E-state index contributed by atoms with van der Waals surface area (Å²) < 4.78 is 5.59. The number of amides is 1. The minimum atomic E-state index is -0.127. The number of unbranched alkanes of at least 4 members (excludes halogenated alkanes) is 1. The highest BCUT2D eigenvalue weighted by Gasteiger charge is 2.14. The third-order valence-electron chi connectivity index (χ3n) is 2.92. The van der Waals surface area contributed by atoms with Gasteiger partial charge >= 0.3 is 0 Å². The van der Waals surface area contributed by atoms with Crippen LogP contribution in [0.2, 0.25) is 0 Å². The van der Waals surface area contributed by atoms with E-state index in [1.165, 1.54) is 0 Å². The van der Waals surface area contributed by atoms with E-state index in [1.54, 1.807) is 6.07 Å². The van der Waals surface area contributed by atoms with Crippen LogP contribution in [0.15, 0.2) is 40.8 Å². The monoisotopic (exact) mass is 268 g/mol. The highest BCUT2D eigenvalue weighted by atomic mass is 16.4. The van der Waals surface area contributed by atoms with Crippen LogP contribution in [0.5, 0.6) is 0 Å². The molecule has 0 fully saturated rings. The van der Waals surface area contributed by atoms with Crippen LogP contribution in [-0.2, 0) is 4.79 Å². The normalized spacial score (nSPS) is 10.0. The van der Waals surface area contributed by atoms with Crippen LogP contribution in [0.1, 0.15) is 31.7 Å². The predicted octanol–water partition coefficient (Wildman–Crippen LogP) is 3.95. The summed E-state index contributed by atoms with van der Waals surface area (Å²) in [7, 11) is 0. The van der Waals surface area contributed by atoms with Crippen molar-refractivity contribution in [1.29, 1.82) is 5.26 Å². The van der Waals surface area contributed by atoms with Gasteiger partial charge in [-0.25, -0.2) is 0 Å². The number of carbonyl (C=O) groups excluding carboxylic acids is 1. The summed E-state index contributed by atoms with van der Waals surface area (Å²) in [6, 6.07) is 13.2. The maximum Gasteiger partial charge on any atom is 0.226 e. The van der Waals surface area contributed by atoms with E-state index >= 15 is 0 Å². The Balaban J connectivity index is 2.20. The summed E-state index contributed by atoms with van der Waals surface area (Å²) in [5.74, 6) is 0.678. The van der Waals surface area contributed by atoms with Gasteiger partial charge in [0.1, 0.15) is 17.4 Å². The number of nitrogens with zero attached hydrogens (tertiary/aromatic N) is 1. The highest BCUT2D eigenvalue weighted by Crippen LogP contribution is 2.28. The van der Waals surface area contributed by atoms with Gasteiger partial charge in [-0.05, 0) is 6.42 Å². The summed E-state index contributed by atoms with van der Waals surface area (Å²) in [4.78, 5) is 11.7. The standard InChI is InChI=1S/C16H16N2O2/c1-2-3-9-15(19)18-16-13(11-17)10-14(20-16)12-7-5-4-6-8-12/h4-8,10H,2-3,9H2,1H3,(H,18,19). The van der Waals surface area contributed by atoms with Gasteiger partial charge in [-0.2, -0.15) is 5.26 Å². The maximum atomic E-state index is 11.7. The van der Waals surface area contributed by atoms with Crippen LogP contribution in [0.3, 0.4) is 0 Å². The molecule has 1 amide bonds. The van der Waals surface area contributed by atoms with Crippen molar-refractivity contribution < 1.29 is 9.21 Å². The average molecular weight is 268 g/mol. The summed E-state index contributed by atoms with van der Waals surface area (Å²) >= 11 is 0. The van der Waals surface area contributed by atoms with E-state index in [1.807, 2.05) is 43.3 Å². The second kappa shape index (κ2) is 6.58. The average Bonchev–Trinajstić information content (AvgIpc) is 2.89. The Bertz CT molecular complexity index is 624. The SMILES string of the molecule is CCCCC(=O)Nc1oc(-c2ccccc2)cc1C#N. The van der Waals surface area contributed by atoms with Gasteiger partial charge in [0.2, 0.25) is 11.8 Å². The number of nitrogens with one attached hydrogen (secondary N) is 1. The van der Waals surface area contributed by atoms with Gasteiger partial charge < -0.3 is 4.42 Å². The lowest BCUT2D eigenvalue weighted by molar-refractivity contribution is -0.116. The van der Waals surface area contributed by atoms with Crippen LogP contribution in [0, 0.1) is 11.3 Å². The molecule has 0 bridgehead atoms. The van der Waals surface area contributed by atoms with Crippen molar-refractivity contribution in [3.63, 3.8) is 0 Å². The first-order valence-electron chi connectivity index (χ1n) is 6.63. The molecule has 1 heterocycles. The Hall–Kier alpha value is -2.54. The molecule has 0 saturated heterocycles. The van der Waals surface area contributed by atoms with Crippen LogP contribution < -0.4 is 5.32 Å². The summed E-state index contributed by atoms with van der Waals surface area (Å²) in [5.41, 5.74) is 1.21. The molecule has 2 aromatic rings. The third kappa shape index (κ3) is 3.27. The quantitative estimate of drug-likeness (QED) is 0.892. The maximum absolute atomic E-state index is 11.7. The number of anilines is 1. The summed E-state index contributed by atoms with van der Waals surface area (Å²) in [6.45, 7) is 2.02. The largest absolute Gasteiger partial charge is 0.439 e. The molecular formula is C16H16N2O2. The van der Waals surface area contributed by atoms with Crippen molar-refractivity contribution in [2.24, 2.45) is 0 Å². The first-order chi connectivity index (χ1) is 9.74. The lowest BCUT2D eigenvalue weighted by Crippen LogP contribution is -2.11. The highest BCUT2D eigenvalue weighted by molar-refractivity contribution is 5.91. The van der Waals surface area contributed by atoms with Gasteiger partial charge in [0.25, 0.3) is 0 Å². The smallest absolute Gasteiger partial charge is 0.226 e. The number of hydrogen-bond acceptors (Lipinski definition) is 3. The molecule has 4 heteroatoms. The first kappa shape index (κ1) is 13.9.